The van der Waals surface area contributed by atoms with Crippen molar-refractivity contribution in [1.29, 1.82) is 0 Å². The molecular weight excluding hydrogens is 408 g/mol. The molecule has 3 N–H and O–H groups in total. The van der Waals surface area contributed by atoms with Crippen LogP contribution in [0, 0.1) is 6.92 Å². The van der Waals surface area contributed by atoms with E-state index in [0.29, 0.717) is 28.7 Å². The summed E-state index contributed by atoms with van der Waals surface area (Å²) >= 11 is 0. The Hall–Kier alpha value is -4.21. The molecule has 162 valence electrons. The highest BCUT2D eigenvalue weighted by molar-refractivity contribution is 5.91. The SMILES string of the molecule is CNc1cc(Nc2cccn(-c3cccc(C)n3)c2=O)c[n+]2c(C(=O)NC3CC3)cnn12. The molecule has 0 aliphatic heterocycles. The van der Waals surface area contributed by atoms with E-state index in [1.807, 2.05) is 25.1 Å². The summed E-state index contributed by atoms with van der Waals surface area (Å²) in [7, 11) is 1.77. The molecule has 4 aromatic rings. The van der Waals surface area contributed by atoms with E-state index < -0.39 is 0 Å². The Morgan fingerprint density at radius 2 is 2.06 bits per heavy atom. The van der Waals surface area contributed by atoms with Crippen LogP contribution >= 0.6 is 0 Å². The van der Waals surface area contributed by atoms with Crippen molar-refractivity contribution < 1.29 is 9.31 Å². The molecule has 0 spiro atoms. The number of nitrogens with zero attached hydrogens (tertiary/aromatic N) is 5. The molecule has 0 bridgehead atoms. The normalized spacial score (nSPS) is 13.2. The van der Waals surface area contributed by atoms with Gasteiger partial charge in [-0.05, 0) is 44.0 Å². The Balaban J connectivity index is 1.53. The molecule has 1 aliphatic carbocycles. The first-order chi connectivity index (χ1) is 15.5. The average molecular weight is 431 g/mol. The van der Waals surface area contributed by atoms with Crippen molar-refractivity contribution in [1.82, 2.24) is 24.6 Å². The second-order valence-corrected chi connectivity index (χ2v) is 7.73. The summed E-state index contributed by atoms with van der Waals surface area (Å²) < 4.78 is 4.73. The number of fused-ring (bicyclic) bond motifs is 1. The molecule has 0 radical (unpaired) electrons. The van der Waals surface area contributed by atoms with Crippen LogP contribution in [0.2, 0.25) is 0 Å². The third-order valence-electron chi connectivity index (χ3n) is 5.26. The smallest absolute Gasteiger partial charge is 0.297 e. The Labute approximate surface area is 183 Å². The molecule has 1 aliphatic rings. The Kier molecular flexibility index (Phi) is 4.81. The lowest BCUT2D eigenvalue weighted by atomic mass is 10.3. The van der Waals surface area contributed by atoms with Gasteiger partial charge in [-0.15, -0.1) is 4.52 Å². The highest BCUT2D eigenvalue weighted by Crippen LogP contribution is 2.19. The van der Waals surface area contributed by atoms with Crippen molar-refractivity contribution in [2.45, 2.75) is 25.8 Å². The van der Waals surface area contributed by atoms with Gasteiger partial charge in [-0.1, -0.05) is 6.07 Å². The van der Waals surface area contributed by atoms with E-state index in [0.717, 1.165) is 18.5 Å². The molecule has 1 amide bonds. The third-order valence-corrected chi connectivity index (χ3v) is 5.26. The van der Waals surface area contributed by atoms with Crippen molar-refractivity contribution in [2.75, 3.05) is 17.7 Å². The van der Waals surface area contributed by atoms with Gasteiger partial charge in [0.25, 0.3) is 17.2 Å². The molecule has 1 saturated carbocycles. The molecule has 0 unspecified atom stereocenters. The zero-order valence-corrected chi connectivity index (χ0v) is 17.7. The zero-order valence-electron chi connectivity index (χ0n) is 17.7. The van der Waals surface area contributed by atoms with Gasteiger partial charge in [0.2, 0.25) is 6.20 Å². The minimum absolute atomic E-state index is 0.181. The quantitative estimate of drug-likeness (QED) is 0.399. The van der Waals surface area contributed by atoms with Crippen LogP contribution < -0.4 is 26.0 Å². The topological polar surface area (TPSA) is 109 Å². The monoisotopic (exact) mass is 431 g/mol. The predicted octanol–water partition coefficient (Wildman–Crippen LogP) is 1.45. The van der Waals surface area contributed by atoms with E-state index in [1.54, 1.807) is 46.8 Å². The maximum atomic E-state index is 13.1. The summed E-state index contributed by atoms with van der Waals surface area (Å²) in [5.74, 6) is 1.02. The Morgan fingerprint density at radius 3 is 2.81 bits per heavy atom. The summed E-state index contributed by atoms with van der Waals surface area (Å²) in [5, 5.41) is 13.6. The Morgan fingerprint density at radius 1 is 1.22 bits per heavy atom. The summed E-state index contributed by atoms with van der Waals surface area (Å²) in [6, 6.07) is 11.1. The number of pyridine rings is 2. The number of hydrogen-bond donors (Lipinski definition) is 3. The first-order valence-electron chi connectivity index (χ1n) is 10.4. The number of carbonyl (C=O) groups excluding carboxylic acids is 1. The average Bonchev–Trinajstić information content (AvgIpc) is 3.49. The first-order valence-corrected chi connectivity index (χ1v) is 10.4. The maximum absolute atomic E-state index is 13.1. The van der Waals surface area contributed by atoms with Crippen molar-refractivity contribution >= 4 is 23.1 Å². The second-order valence-electron chi connectivity index (χ2n) is 7.73. The van der Waals surface area contributed by atoms with Crippen LogP contribution in [-0.2, 0) is 0 Å². The van der Waals surface area contributed by atoms with Gasteiger partial charge in [0.05, 0.1) is 5.69 Å². The van der Waals surface area contributed by atoms with Crippen molar-refractivity contribution in [2.24, 2.45) is 0 Å². The van der Waals surface area contributed by atoms with Gasteiger partial charge in [-0.25, -0.2) is 4.98 Å². The number of anilines is 3. The van der Waals surface area contributed by atoms with E-state index in [1.165, 1.54) is 10.8 Å². The molecule has 5 rings (SSSR count). The number of amides is 1. The van der Waals surface area contributed by atoms with Gasteiger partial charge in [-0.3, -0.25) is 14.2 Å². The summed E-state index contributed by atoms with van der Waals surface area (Å²) in [5.41, 5.74) is 2.00. The van der Waals surface area contributed by atoms with Crippen molar-refractivity contribution in [3.63, 3.8) is 0 Å². The molecule has 0 aromatic carbocycles. The van der Waals surface area contributed by atoms with Crippen LogP contribution in [0.25, 0.3) is 5.82 Å². The Bertz CT molecular complexity index is 1390. The predicted molar refractivity (Wildman–Crippen MR) is 119 cm³/mol. The van der Waals surface area contributed by atoms with Gasteiger partial charge in [0.15, 0.2) is 5.82 Å². The van der Waals surface area contributed by atoms with E-state index in [4.69, 9.17) is 0 Å². The molecule has 0 atom stereocenters. The van der Waals surface area contributed by atoms with Gasteiger partial charge in [-0.2, -0.15) is 0 Å². The summed E-state index contributed by atoms with van der Waals surface area (Å²) in [6.45, 7) is 1.88. The fourth-order valence-electron chi connectivity index (χ4n) is 3.48. The molecular formula is C22H23N8O2+. The van der Waals surface area contributed by atoms with E-state index >= 15 is 0 Å². The highest BCUT2D eigenvalue weighted by atomic mass is 16.2. The molecule has 1 fully saturated rings. The number of aromatic nitrogens is 5. The van der Waals surface area contributed by atoms with E-state index in [9.17, 15) is 9.59 Å². The second kappa shape index (κ2) is 7.80. The van der Waals surface area contributed by atoms with Crippen molar-refractivity contribution in [3.8, 4) is 5.82 Å². The third kappa shape index (κ3) is 3.66. The molecule has 32 heavy (non-hydrogen) atoms. The van der Waals surface area contributed by atoms with Gasteiger partial charge < -0.3 is 16.0 Å². The first kappa shape index (κ1) is 19.7. The fourth-order valence-corrected chi connectivity index (χ4v) is 3.48. The zero-order chi connectivity index (χ0) is 22.2. The summed E-state index contributed by atoms with van der Waals surface area (Å²) in [6.07, 6.45) is 6.95. The molecule has 4 heterocycles. The lowest BCUT2D eigenvalue weighted by Gasteiger charge is -2.10. The number of carbonyl (C=O) groups is 1. The van der Waals surface area contributed by atoms with E-state index in [-0.39, 0.29) is 17.5 Å². The number of rotatable bonds is 6. The van der Waals surface area contributed by atoms with E-state index in [2.05, 4.69) is 26.0 Å². The van der Waals surface area contributed by atoms with Crippen LogP contribution in [-0.4, -0.2) is 38.3 Å². The molecule has 0 saturated heterocycles. The summed E-state index contributed by atoms with van der Waals surface area (Å²) in [4.78, 5) is 30.2. The largest absolute Gasteiger partial charge is 0.368 e. The minimum atomic E-state index is -0.235. The number of aryl methyl sites for hydroxylation is 1. The molecule has 4 aromatic heterocycles. The lowest BCUT2D eigenvalue weighted by molar-refractivity contribution is -0.622. The van der Waals surface area contributed by atoms with Crippen LogP contribution in [0.5, 0.6) is 0 Å². The van der Waals surface area contributed by atoms with Crippen LogP contribution in [0.4, 0.5) is 17.2 Å². The fraction of sp³-hybridized carbons (Fsp3) is 0.227. The standard InChI is InChI=1S/C22H22N8O2/c1-14-5-3-7-19(25-14)28-10-4-6-17(22(28)32)26-16-11-20(23-2)30-24-12-18(29(30)13-16)21(31)27-15-8-9-15/h3-7,10-13,15H,8-9H2,1-2H3,(H2-,23,24,26,27,31)/p+1. The van der Waals surface area contributed by atoms with Gasteiger partial charge in [0, 0.05) is 40.8 Å². The molecule has 10 heteroatoms. The maximum Gasteiger partial charge on any atom is 0.297 e. The molecule has 10 nitrogen and oxygen atoms in total. The number of hydrogen-bond acceptors (Lipinski definition) is 6. The highest BCUT2D eigenvalue weighted by Gasteiger charge is 2.29. The van der Waals surface area contributed by atoms with Gasteiger partial charge in [0.1, 0.15) is 17.7 Å². The van der Waals surface area contributed by atoms with Crippen LogP contribution in [0.1, 0.15) is 29.0 Å². The van der Waals surface area contributed by atoms with Gasteiger partial charge >= 0.3 is 0 Å². The number of nitrogens with one attached hydrogen (secondary N) is 3. The lowest BCUT2D eigenvalue weighted by Crippen LogP contribution is -2.40. The van der Waals surface area contributed by atoms with Crippen LogP contribution in [0.3, 0.4) is 0 Å². The van der Waals surface area contributed by atoms with Crippen molar-refractivity contribution in [3.05, 3.63) is 76.7 Å². The minimum Gasteiger partial charge on any atom is -0.368 e. The van der Waals surface area contributed by atoms with Crippen LogP contribution in [0.15, 0.2) is 59.8 Å².